The summed E-state index contributed by atoms with van der Waals surface area (Å²) >= 11 is 0. The maximum absolute atomic E-state index is 12.0. The molecule has 0 N–H and O–H groups in total. The molecule has 0 atom stereocenters. The zero-order valence-corrected chi connectivity index (χ0v) is 14.3. The summed E-state index contributed by atoms with van der Waals surface area (Å²) in [6.45, 7) is 0.400. The molecule has 0 radical (unpaired) electrons. The molecule has 2 heterocycles. The van der Waals surface area contributed by atoms with Gasteiger partial charge in [-0.05, 0) is 47.5 Å². The standard InChI is InChI=1S/C21H16O6/c22-16(5-1-14-3-7-18-20(9-14)26-12-24-18)11-17(23)6-2-15-4-8-19-21(10-15)27-13-25-19/h1-10H,11-13H2/b5-1+,6-2+. The van der Waals surface area contributed by atoms with Crippen molar-refractivity contribution < 1.29 is 28.5 Å². The highest BCUT2D eigenvalue weighted by molar-refractivity contribution is 6.10. The Labute approximate surface area is 155 Å². The summed E-state index contributed by atoms with van der Waals surface area (Å²) in [5.41, 5.74) is 1.60. The van der Waals surface area contributed by atoms with Crippen LogP contribution in [0.3, 0.4) is 0 Å². The molecule has 0 unspecified atom stereocenters. The Morgan fingerprint density at radius 2 is 1.15 bits per heavy atom. The van der Waals surface area contributed by atoms with Crippen molar-refractivity contribution in [3.8, 4) is 23.0 Å². The maximum Gasteiger partial charge on any atom is 0.231 e. The summed E-state index contributed by atoms with van der Waals surface area (Å²) in [5.74, 6) is 2.12. The van der Waals surface area contributed by atoms with E-state index in [0.717, 1.165) is 11.1 Å². The van der Waals surface area contributed by atoms with Crippen molar-refractivity contribution in [3.05, 3.63) is 59.7 Å². The summed E-state index contributed by atoms with van der Waals surface area (Å²) in [4.78, 5) is 24.0. The van der Waals surface area contributed by atoms with Gasteiger partial charge in [0, 0.05) is 0 Å². The van der Waals surface area contributed by atoms with E-state index in [4.69, 9.17) is 18.9 Å². The van der Waals surface area contributed by atoms with E-state index in [-0.39, 0.29) is 31.6 Å². The maximum atomic E-state index is 12.0. The van der Waals surface area contributed by atoms with Crippen molar-refractivity contribution in [2.75, 3.05) is 13.6 Å². The number of hydrogen-bond donors (Lipinski definition) is 0. The van der Waals surface area contributed by atoms with Crippen LogP contribution in [0, 0.1) is 0 Å². The van der Waals surface area contributed by atoms with Gasteiger partial charge in [-0.1, -0.05) is 24.3 Å². The lowest BCUT2D eigenvalue weighted by molar-refractivity contribution is -0.121. The van der Waals surface area contributed by atoms with Crippen molar-refractivity contribution in [2.24, 2.45) is 0 Å². The van der Waals surface area contributed by atoms with Gasteiger partial charge in [0.25, 0.3) is 0 Å². The van der Waals surface area contributed by atoms with Crippen LogP contribution in [0.5, 0.6) is 23.0 Å². The van der Waals surface area contributed by atoms with Gasteiger partial charge in [-0.3, -0.25) is 9.59 Å². The first kappa shape index (κ1) is 16.9. The fourth-order valence-electron chi connectivity index (χ4n) is 2.70. The van der Waals surface area contributed by atoms with E-state index in [0.29, 0.717) is 23.0 Å². The van der Waals surface area contributed by atoms with E-state index in [9.17, 15) is 9.59 Å². The molecule has 0 saturated heterocycles. The lowest BCUT2D eigenvalue weighted by Gasteiger charge is -1.98. The zero-order chi connectivity index (χ0) is 18.6. The van der Waals surface area contributed by atoms with Crippen LogP contribution in [0.4, 0.5) is 0 Å². The predicted octanol–water partition coefficient (Wildman–Crippen LogP) is 3.40. The van der Waals surface area contributed by atoms with Gasteiger partial charge in [-0.25, -0.2) is 0 Å². The van der Waals surface area contributed by atoms with Gasteiger partial charge >= 0.3 is 0 Å². The third kappa shape index (κ3) is 4.00. The highest BCUT2D eigenvalue weighted by Gasteiger charge is 2.13. The van der Waals surface area contributed by atoms with Gasteiger partial charge in [0.2, 0.25) is 13.6 Å². The van der Waals surface area contributed by atoms with E-state index >= 15 is 0 Å². The molecule has 0 aliphatic carbocycles. The van der Waals surface area contributed by atoms with Gasteiger partial charge in [-0.2, -0.15) is 0 Å². The van der Waals surface area contributed by atoms with Crippen LogP contribution in [0.1, 0.15) is 17.5 Å². The van der Waals surface area contributed by atoms with Gasteiger partial charge in [0.1, 0.15) is 0 Å². The molecular formula is C21H16O6. The lowest BCUT2D eigenvalue weighted by atomic mass is 10.1. The van der Waals surface area contributed by atoms with E-state index in [2.05, 4.69) is 0 Å². The van der Waals surface area contributed by atoms with Crippen LogP contribution in [0.2, 0.25) is 0 Å². The Hall–Kier alpha value is -3.54. The monoisotopic (exact) mass is 364 g/mol. The van der Waals surface area contributed by atoms with Crippen molar-refractivity contribution in [3.63, 3.8) is 0 Å². The Morgan fingerprint density at radius 3 is 1.63 bits per heavy atom. The number of carbonyl (C=O) groups excluding carboxylic acids is 2. The molecule has 0 amide bonds. The Bertz CT molecular complexity index is 880. The third-order valence-electron chi connectivity index (χ3n) is 4.07. The highest BCUT2D eigenvalue weighted by Crippen LogP contribution is 2.33. The summed E-state index contributed by atoms with van der Waals surface area (Å²) in [5, 5.41) is 0. The second-order valence-electron chi connectivity index (χ2n) is 6.00. The molecule has 2 aliphatic rings. The van der Waals surface area contributed by atoms with Crippen LogP contribution >= 0.6 is 0 Å². The quantitative estimate of drug-likeness (QED) is 0.578. The number of ketones is 2. The molecule has 2 aromatic carbocycles. The first-order valence-corrected chi connectivity index (χ1v) is 8.38. The second-order valence-corrected chi connectivity index (χ2v) is 6.00. The second kappa shape index (κ2) is 7.37. The van der Waals surface area contributed by atoms with Crippen molar-refractivity contribution in [1.82, 2.24) is 0 Å². The molecule has 2 aromatic rings. The first-order valence-electron chi connectivity index (χ1n) is 8.38. The van der Waals surface area contributed by atoms with Crippen LogP contribution in [0.25, 0.3) is 12.2 Å². The van der Waals surface area contributed by atoms with E-state index < -0.39 is 0 Å². The molecular weight excluding hydrogens is 348 g/mol. The van der Waals surface area contributed by atoms with Crippen LogP contribution in [0.15, 0.2) is 48.6 Å². The number of benzene rings is 2. The van der Waals surface area contributed by atoms with Crippen molar-refractivity contribution in [1.29, 1.82) is 0 Å². The van der Waals surface area contributed by atoms with Crippen LogP contribution < -0.4 is 18.9 Å². The summed E-state index contributed by atoms with van der Waals surface area (Å²) in [6, 6.07) is 10.8. The third-order valence-corrected chi connectivity index (χ3v) is 4.07. The number of hydrogen-bond acceptors (Lipinski definition) is 6. The summed E-state index contributed by atoms with van der Waals surface area (Å²) < 4.78 is 21.1. The largest absolute Gasteiger partial charge is 0.454 e. The van der Waals surface area contributed by atoms with E-state index in [1.807, 2.05) is 12.1 Å². The SMILES string of the molecule is O=C(/C=C/c1ccc2c(c1)OCO2)CC(=O)/C=C/c1ccc2c(c1)OCO2. The molecule has 0 saturated carbocycles. The van der Waals surface area contributed by atoms with E-state index in [1.54, 1.807) is 36.4 Å². The van der Waals surface area contributed by atoms with Crippen molar-refractivity contribution >= 4 is 23.7 Å². The van der Waals surface area contributed by atoms with Gasteiger partial charge in [0.05, 0.1) is 6.42 Å². The molecule has 0 aromatic heterocycles. The molecule has 0 bridgehead atoms. The smallest absolute Gasteiger partial charge is 0.231 e. The predicted molar refractivity (Wildman–Crippen MR) is 97.8 cm³/mol. The molecule has 0 spiro atoms. The molecule has 2 aliphatic heterocycles. The topological polar surface area (TPSA) is 71.1 Å². The van der Waals surface area contributed by atoms with Gasteiger partial charge < -0.3 is 18.9 Å². The Balaban J connectivity index is 1.33. The van der Waals surface area contributed by atoms with Crippen LogP contribution in [-0.4, -0.2) is 25.2 Å². The summed E-state index contributed by atoms with van der Waals surface area (Å²) in [6.07, 6.45) is 5.90. The number of rotatable bonds is 6. The zero-order valence-electron chi connectivity index (χ0n) is 14.3. The average molecular weight is 364 g/mol. The fourth-order valence-corrected chi connectivity index (χ4v) is 2.70. The number of ether oxygens (including phenoxy) is 4. The molecule has 27 heavy (non-hydrogen) atoms. The minimum atomic E-state index is -0.270. The summed E-state index contributed by atoms with van der Waals surface area (Å²) in [7, 11) is 0. The minimum absolute atomic E-state index is 0.192. The average Bonchev–Trinajstić information content (AvgIpc) is 3.32. The molecule has 4 rings (SSSR count). The minimum Gasteiger partial charge on any atom is -0.454 e. The molecule has 6 heteroatoms. The van der Waals surface area contributed by atoms with Gasteiger partial charge in [-0.15, -0.1) is 0 Å². The molecule has 0 fully saturated rings. The fraction of sp³-hybridized carbons (Fsp3) is 0.143. The Kier molecular flexibility index (Phi) is 4.61. The van der Waals surface area contributed by atoms with E-state index in [1.165, 1.54) is 12.2 Å². The number of fused-ring (bicyclic) bond motifs is 2. The van der Waals surface area contributed by atoms with Gasteiger partial charge in [0.15, 0.2) is 34.6 Å². The van der Waals surface area contributed by atoms with Crippen molar-refractivity contribution in [2.45, 2.75) is 6.42 Å². The van der Waals surface area contributed by atoms with Crippen LogP contribution in [-0.2, 0) is 9.59 Å². The molecule has 136 valence electrons. The first-order chi connectivity index (χ1) is 13.2. The normalized spacial score (nSPS) is 14.2. The lowest BCUT2D eigenvalue weighted by Crippen LogP contribution is -2.01. The molecule has 6 nitrogen and oxygen atoms in total. The number of allylic oxidation sites excluding steroid dienone is 2. The highest BCUT2D eigenvalue weighted by atomic mass is 16.7. The Morgan fingerprint density at radius 1 is 0.704 bits per heavy atom. The number of carbonyl (C=O) groups is 2.